The first-order valence-corrected chi connectivity index (χ1v) is 11.3. The molecule has 1 aliphatic heterocycles. The van der Waals surface area contributed by atoms with Crippen LogP contribution < -0.4 is 10.1 Å². The highest BCUT2D eigenvalue weighted by atomic mass is 16.7. The van der Waals surface area contributed by atoms with Crippen molar-refractivity contribution in [2.45, 2.75) is 18.3 Å². The molecule has 0 aliphatic carbocycles. The maximum atomic E-state index is 9.10. The third kappa shape index (κ3) is 8.53. The zero-order valence-electron chi connectivity index (χ0n) is 19.2. The number of benzene rings is 3. The summed E-state index contributed by atoms with van der Waals surface area (Å²) in [5, 5.41) is 18.2. The SMILES string of the molecule is O=C(O)C(=O)O.c1ccc(OCCNC[C@@H]2CO[C@H](C(c3ccccc3)c3ccccc3)O2)cc1. The molecule has 3 aromatic carbocycles. The number of para-hydroxylation sites is 1. The van der Waals surface area contributed by atoms with Gasteiger partial charge in [-0.15, -0.1) is 0 Å². The standard InChI is InChI=1S/C25H27NO3.C2H2O4/c1-4-10-20(11-5-1)24(21-12-6-2-7-13-21)25-28-19-23(29-25)18-26-16-17-27-22-14-8-3-9-15-22;3-1(4)2(5)6/h1-15,23-26H,16-19H2;(H,3,4)(H,5,6)/t23-,25+;/m1./s1. The molecule has 8 nitrogen and oxygen atoms in total. The summed E-state index contributed by atoms with van der Waals surface area (Å²) >= 11 is 0. The number of aliphatic carboxylic acids is 2. The summed E-state index contributed by atoms with van der Waals surface area (Å²) < 4.78 is 18.1. The summed E-state index contributed by atoms with van der Waals surface area (Å²) in [6.07, 6.45) is -0.251. The lowest BCUT2D eigenvalue weighted by Crippen LogP contribution is -2.32. The molecule has 0 saturated carbocycles. The second kappa shape index (κ2) is 13.9. The summed E-state index contributed by atoms with van der Waals surface area (Å²) in [4.78, 5) is 18.2. The first-order chi connectivity index (χ1) is 17.0. The minimum Gasteiger partial charge on any atom is -0.492 e. The highest BCUT2D eigenvalue weighted by Gasteiger charge is 2.34. The Bertz CT molecular complexity index is 980. The molecule has 0 aromatic heterocycles. The molecule has 184 valence electrons. The Labute approximate surface area is 204 Å². The van der Waals surface area contributed by atoms with Crippen molar-refractivity contribution in [3.63, 3.8) is 0 Å². The Morgan fingerprint density at radius 1 is 0.857 bits per heavy atom. The minimum atomic E-state index is -1.82. The number of nitrogens with one attached hydrogen (secondary N) is 1. The summed E-state index contributed by atoms with van der Waals surface area (Å²) in [5.41, 5.74) is 2.40. The van der Waals surface area contributed by atoms with E-state index in [1.807, 2.05) is 42.5 Å². The van der Waals surface area contributed by atoms with Crippen LogP contribution in [0.5, 0.6) is 5.75 Å². The van der Waals surface area contributed by atoms with Crippen LogP contribution >= 0.6 is 0 Å². The Balaban J connectivity index is 0.000000509. The number of hydrogen-bond acceptors (Lipinski definition) is 6. The third-order valence-corrected chi connectivity index (χ3v) is 5.21. The molecule has 1 saturated heterocycles. The second-order valence-electron chi connectivity index (χ2n) is 7.73. The van der Waals surface area contributed by atoms with E-state index >= 15 is 0 Å². The summed E-state index contributed by atoms with van der Waals surface area (Å²) in [5.74, 6) is -2.70. The molecule has 35 heavy (non-hydrogen) atoms. The van der Waals surface area contributed by atoms with Gasteiger partial charge in [-0.2, -0.15) is 0 Å². The van der Waals surface area contributed by atoms with Crippen LogP contribution in [0.3, 0.4) is 0 Å². The van der Waals surface area contributed by atoms with E-state index in [9.17, 15) is 0 Å². The maximum absolute atomic E-state index is 9.10. The van der Waals surface area contributed by atoms with Gasteiger partial charge in [0.2, 0.25) is 0 Å². The number of hydrogen-bond donors (Lipinski definition) is 3. The van der Waals surface area contributed by atoms with Gasteiger partial charge in [0.05, 0.1) is 18.6 Å². The van der Waals surface area contributed by atoms with Crippen molar-refractivity contribution in [2.24, 2.45) is 0 Å². The van der Waals surface area contributed by atoms with Crippen molar-refractivity contribution < 1.29 is 34.0 Å². The van der Waals surface area contributed by atoms with E-state index in [0.29, 0.717) is 13.2 Å². The van der Waals surface area contributed by atoms with Crippen molar-refractivity contribution in [3.05, 3.63) is 102 Å². The highest BCUT2D eigenvalue weighted by Crippen LogP contribution is 2.33. The Morgan fingerprint density at radius 2 is 1.37 bits per heavy atom. The molecule has 3 aromatic rings. The minimum absolute atomic E-state index is 0.0339. The average Bonchev–Trinajstić information content (AvgIpc) is 3.34. The predicted molar refractivity (Wildman–Crippen MR) is 129 cm³/mol. The van der Waals surface area contributed by atoms with Crippen molar-refractivity contribution in [2.75, 3.05) is 26.3 Å². The van der Waals surface area contributed by atoms with Gasteiger partial charge in [-0.1, -0.05) is 78.9 Å². The summed E-state index contributed by atoms with van der Waals surface area (Å²) in [6.45, 7) is 2.72. The number of carboxylic acid groups (broad SMARTS) is 2. The molecule has 0 amide bonds. The van der Waals surface area contributed by atoms with Gasteiger partial charge >= 0.3 is 11.9 Å². The van der Waals surface area contributed by atoms with Crippen molar-refractivity contribution in [1.29, 1.82) is 0 Å². The Morgan fingerprint density at radius 3 is 1.89 bits per heavy atom. The quantitative estimate of drug-likeness (QED) is 0.316. The lowest BCUT2D eigenvalue weighted by atomic mass is 9.91. The van der Waals surface area contributed by atoms with Crippen LogP contribution in [0.4, 0.5) is 0 Å². The molecule has 0 bridgehead atoms. The van der Waals surface area contributed by atoms with Gasteiger partial charge in [-0.05, 0) is 23.3 Å². The van der Waals surface area contributed by atoms with Gasteiger partial charge in [0.1, 0.15) is 12.4 Å². The van der Waals surface area contributed by atoms with E-state index in [1.165, 1.54) is 11.1 Å². The van der Waals surface area contributed by atoms with Crippen LogP contribution in [0.25, 0.3) is 0 Å². The fraction of sp³-hybridized carbons (Fsp3) is 0.259. The largest absolute Gasteiger partial charge is 0.492 e. The lowest BCUT2D eigenvalue weighted by Gasteiger charge is -2.24. The monoisotopic (exact) mass is 479 g/mol. The van der Waals surface area contributed by atoms with Gasteiger partial charge in [0.25, 0.3) is 0 Å². The van der Waals surface area contributed by atoms with Crippen LogP contribution in [-0.2, 0) is 19.1 Å². The van der Waals surface area contributed by atoms with E-state index < -0.39 is 11.9 Å². The van der Waals surface area contributed by atoms with Crippen LogP contribution in [0.15, 0.2) is 91.0 Å². The number of ether oxygens (including phenoxy) is 3. The zero-order chi connectivity index (χ0) is 24.9. The first-order valence-electron chi connectivity index (χ1n) is 11.3. The number of carboxylic acids is 2. The smallest absolute Gasteiger partial charge is 0.414 e. The van der Waals surface area contributed by atoms with Crippen LogP contribution in [-0.4, -0.2) is 60.8 Å². The molecule has 3 N–H and O–H groups in total. The van der Waals surface area contributed by atoms with E-state index in [4.69, 9.17) is 34.0 Å². The number of carbonyl (C=O) groups is 2. The highest BCUT2D eigenvalue weighted by molar-refractivity contribution is 6.27. The molecule has 0 spiro atoms. The molecule has 0 radical (unpaired) electrons. The predicted octanol–water partition coefficient (Wildman–Crippen LogP) is 3.38. The molecular formula is C27H29NO7. The van der Waals surface area contributed by atoms with E-state index in [2.05, 4.69) is 53.8 Å². The average molecular weight is 480 g/mol. The molecule has 1 aliphatic rings. The summed E-state index contributed by atoms with van der Waals surface area (Å²) in [7, 11) is 0. The van der Waals surface area contributed by atoms with E-state index in [1.54, 1.807) is 0 Å². The van der Waals surface area contributed by atoms with Gasteiger partial charge < -0.3 is 29.7 Å². The van der Waals surface area contributed by atoms with Crippen molar-refractivity contribution >= 4 is 11.9 Å². The maximum Gasteiger partial charge on any atom is 0.414 e. The van der Waals surface area contributed by atoms with Gasteiger partial charge in [-0.3, -0.25) is 0 Å². The Hall–Kier alpha value is -3.72. The molecular weight excluding hydrogens is 450 g/mol. The molecule has 4 rings (SSSR count). The van der Waals surface area contributed by atoms with Gasteiger partial charge in [-0.25, -0.2) is 9.59 Å². The Kier molecular flexibility index (Phi) is 10.3. The van der Waals surface area contributed by atoms with Crippen LogP contribution in [0.1, 0.15) is 17.0 Å². The van der Waals surface area contributed by atoms with Crippen molar-refractivity contribution in [3.8, 4) is 5.75 Å². The fourth-order valence-electron chi connectivity index (χ4n) is 3.60. The fourth-order valence-corrected chi connectivity index (χ4v) is 3.60. The molecule has 1 fully saturated rings. The molecule has 8 heteroatoms. The van der Waals surface area contributed by atoms with Gasteiger partial charge in [0.15, 0.2) is 6.29 Å². The molecule has 0 unspecified atom stereocenters. The van der Waals surface area contributed by atoms with Crippen molar-refractivity contribution in [1.82, 2.24) is 5.32 Å². The molecule has 2 atom stereocenters. The lowest BCUT2D eigenvalue weighted by molar-refractivity contribution is -0.159. The number of rotatable bonds is 9. The second-order valence-corrected chi connectivity index (χ2v) is 7.73. The first kappa shape index (κ1) is 25.9. The van der Waals surface area contributed by atoms with Crippen LogP contribution in [0, 0.1) is 0 Å². The zero-order valence-corrected chi connectivity index (χ0v) is 19.2. The molecule has 1 heterocycles. The van der Waals surface area contributed by atoms with E-state index in [0.717, 1.165) is 18.8 Å². The topological polar surface area (TPSA) is 114 Å². The van der Waals surface area contributed by atoms with E-state index in [-0.39, 0.29) is 18.3 Å². The summed E-state index contributed by atoms with van der Waals surface area (Å²) in [6, 6.07) is 30.7. The third-order valence-electron chi connectivity index (χ3n) is 5.21. The van der Waals surface area contributed by atoms with Crippen LogP contribution in [0.2, 0.25) is 0 Å². The van der Waals surface area contributed by atoms with Gasteiger partial charge in [0, 0.05) is 13.1 Å². The normalized spacial score (nSPS) is 16.8.